The van der Waals surface area contributed by atoms with Gasteiger partial charge >= 0.3 is 6.18 Å². The van der Waals surface area contributed by atoms with Gasteiger partial charge in [-0.25, -0.2) is 14.4 Å². The number of pyridine rings is 1. The molecule has 0 aliphatic carbocycles. The molecule has 0 aliphatic rings. The molecule has 11 heteroatoms. The number of carbonyl (C=O) groups excluding carboxylic acids is 1. The fourth-order valence-corrected chi connectivity index (χ4v) is 2.75. The van der Waals surface area contributed by atoms with Crippen LogP contribution in [0.25, 0.3) is 22.3 Å². The van der Waals surface area contributed by atoms with E-state index in [-0.39, 0.29) is 11.7 Å². The standard InChI is InChI=1S/C18H18F4N6O/c1-9(2)15(17(29)26-8-18(20,21)22)28-14-7-23-6-13(27-14)12-5-25-16-11(12)3-10(19)4-24-16/h3-7,9,15H,8H2,1-2H3,(H,24,25)(H,26,29)(H,27,28)/t15-/m1/s1. The first-order valence-electron chi connectivity index (χ1n) is 8.70. The number of fused-ring (bicyclic) bond motifs is 1. The molecule has 3 N–H and O–H groups in total. The van der Waals surface area contributed by atoms with E-state index in [1.807, 2.05) is 5.32 Å². The van der Waals surface area contributed by atoms with Crippen LogP contribution in [0, 0.1) is 11.7 Å². The molecule has 0 saturated carbocycles. The van der Waals surface area contributed by atoms with Crippen LogP contribution in [0.15, 0.2) is 30.9 Å². The summed E-state index contributed by atoms with van der Waals surface area (Å²) in [6, 6.07) is 0.348. The van der Waals surface area contributed by atoms with Crippen LogP contribution in [0.3, 0.4) is 0 Å². The third-order valence-electron chi connectivity index (χ3n) is 4.12. The molecule has 3 rings (SSSR count). The fourth-order valence-electron chi connectivity index (χ4n) is 2.75. The van der Waals surface area contributed by atoms with Crippen molar-refractivity contribution < 1.29 is 22.4 Å². The number of aromatic nitrogens is 4. The van der Waals surface area contributed by atoms with Gasteiger partial charge in [0.1, 0.15) is 29.9 Å². The summed E-state index contributed by atoms with van der Waals surface area (Å²) in [6.45, 7) is 1.96. The summed E-state index contributed by atoms with van der Waals surface area (Å²) in [5, 5.41) is 5.19. The molecule has 0 spiro atoms. The van der Waals surface area contributed by atoms with Crippen molar-refractivity contribution in [2.24, 2.45) is 5.92 Å². The second-order valence-corrected chi connectivity index (χ2v) is 6.74. The molecule has 0 saturated heterocycles. The van der Waals surface area contributed by atoms with E-state index in [1.165, 1.54) is 18.5 Å². The lowest BCUT2D eigenvalue weighted by Gasteiger charge is -2.22. The maximum absolute atomic E-state index is 13.5. The first kappa shape index (κ1) is 20.5. The number of nitrogens with one attached hydrogen (secondary N) is 3. The third-order valence-corrected chi connectivity index (χ3v) is 4.12. The first-order chi connectivity index (χ1) is 13.6. The first-order valence-corrected chi connectivity index (χ1v) is 8.70. The Labute approximate surface area is 163 Å². The second kappa shape index (κ2) is 8.02. The second-order valence-electron chi connectivity index (χ2n) is 6.74. The van der Waals surface area contributed by atoms with Gasteiger partial charge in [-0.3, -0.25) is 9.78 Å². The predicted octanol–water partition coefficient (Wildman–Crippen LogP) is 3.27. The van der Waals surface area contributed by atoms with Gasteiger partial charge in [0, 0.05) is 17.1 Å². The van der Waals surface area contributed by atoms with Gasteiger partial charge in [-0.1, -0.05) is 13.8 Å². The zero-order chi connectivity index (χ0) is 21.2. The van der Waals surface area contributed by atoms with Crippen LogP contribution >= 0.6 is 0 Å². The maximum atomic E-state index is 13.5. The van der Waals surface area contributed by atoms with Crippen molar-refractivity contribution in [2.75, 3.05) is 11.9 Å². The van der Waals surface area contributed by atoms with Gasteiger partial charge in [-0.05, 0) is 12.0 Å². The van der Waals surface area contributed by atoms with E-state index in [1.54, 1.807) is 20.0 Å². The lowest BCUT2D eigenvalue weighted by molar-refractivity contribution is -0.139. The van der Waals surface area contributed by atoms with E-state index in [9.17, 15) is 22.4 Å². The Morgan fingerprint density at radius 2 is 2.00 bits per heavy atom. The zero-order valence-electron chi connectivity index (χ0n) is 15.5. The highest BCUT2D eigenvalue weighted by Crippen LogP contribution is 2.27. The summed E-state index contributed by atoms with van der Waals surface area (Å²) in [7, 11) is 0. The van der Waals surface area contributed by atoms with Crippen molar-refractivity contribution in [3.8, 4) is 11.3 Å². The minimum Gasteiger partial charge on any atom is -0.357 e. The molecule has 3 aromatic rings. The Morgan fingerprint density at radius 3 is 2.69 bits per heavy atom. The summed E-state index contributed by atoms with van der Waals surface area (Å²) >= 11 is 0. The van der Waals surface area contributed by atoms with Crippen molar-refractivity contribution >= 4 is 22.8 Å². The highest BCUT2D eigenvalue weighted by molar-refractivity contribution is 5.92. The Kier molecular flexibility index (Phi) is 5.66. The van der Waals surface area contributed by atoms with Crippen LogP contribution in [0.5, 0.6) is 0 Å². The molecular formula is C18H18F4N6O. The molecule has 0 aromatic carbocycles. The van der Waals surface area contributed by atoms with E-state index in [0.29, 0.717) is 22.3 Å². The number of alkyl halides is 3. The Balaban J connectivity index is 1.84. The van der Waals surface area contributed by atoms with Crippen LogP contribution < -0.4 is 10.6 Å². The number of anilines is 1. The molecular weight excluding hydrogens is 392 g/mol. The van der Waals surface area contributed by atoms with Crippen molar-refractivity contribution in [2.45, 2.75) is 26.1 Å². The van der Waals surface area contributed by atoms with Gasteiger partial charge in [-0.2, -0.15) is 13.2 Å². The molecule has 3 heterocycles. The highest BCUT2D eigenvalue weighted by atomic mass is 19.4. The molecule has 7 nitrogen and oxygen atoms in total. The van der Waals surface area contributed by atoms with Gasteiger partial charge in [0.25, 0.3) is 0 Å². The highest BCUT2D eigenvalue weighted by Gasteiger charge is 2.30. The molecule has 1 atom stereocenters. The van der Waals surface area contributed by atoms with Crippen LogP contribution in [-0.4, -0.2) is 44.6 Å². The number of nitrogens with zero attached hydrogens (tertiary/aromatic N) is 3. The van der Waals surface area contributed by atoms with Crippen LogP contribution in [0.1, 0.15) is 13.8 Å². The number of rotatable bonds is 6. The number of carbonyl (C=O) groups is 1. The monoisotopic (exact) mass is 410 g/mol. The maximum Gasteiger partial charge on any atom is 0.405 e. The Hall–Kier alpha value is -3.24. The van der Waals surface area contributed by atoms with E-state index in [4.69, 9.17) is 0 Å². The van der Waals surface area contributed by atoms with Gasteiger partial charge in [0.15, 0.2) is 0 Å². The molecule has 29 heavy (non-hydrogen) atoms. The van der Waals surface area contributed by atoms with Gasteiger partial charge in [0.05, 0.1) is 24.3 Å². The molecule has 154 valence electrons. The molecule has 0 aliphatic heterocycles. The molecule has 0 bridgehead atoms. The smallest absolute Gasteiger partial charge is 0.357 e. The van der Waals surface area contributed by atoms with E-state index in [0.717, 1.165) is 6.20 Å². The SMILES string of the molecule is CC(C)[C@@H](Nc1cncc(-c2c[nH]c3ncc(F)cc23)n1)C(=O)NCC(F)(F)F. The average molecular weight is 410 g/mol. The van der Waals surface area contributed by atoms with Crippen LogP contribution in [-0.2, 0) is 4.79 Å². The normalized spacial score (nSPS) is 12.9. The van der Waals surface area contributed by atoms with Crippen LogP contribution in [0.2, 0.25) is 0 Å². The van der Waals surface area contributed by atoms with Crippen molar-refractivity contribution in [3.63, 3.8) is 0 Å². The van der Waals surface area contributed by atoms with Crippen molar-refractivity contribution in [1.29, 1.82) is 0 Å². The minimum absolute atomic E-state index is 0.196. The summed E-state index contributed by atoms with van der Waals surface area (Å²) in [5.74, 6) is -1.44. The predicted molar refractivity (Wildman–Crippen MR) is 98.4 cm³/mol. The number of halogens is 4. The third kappa shape index (κ3) is 4.98. The lowest BCUT2D eigenvalue weighted by atomic mass is 10.0. The summed E-state index contributed by atoms with van der Waals surface area (Å²) in [6.07, 6.45) is 0.978. The number of H-pyrrole nitrogens is 1. The number of hydrogen-bond donors (Lipinski definition) is 3. The largest absolute Gasteiger partial charge is 0.405 e. The molecule has 0 fully saturated rings. The number of amides is 1. The van der Waals surface area contributed by atoms with Gasteiger partial charge in [0.2, 0.25) is 5.91 Å². The quantitative estimate of drug-likeness (QED) is 0.542. The van der Waals surface area contributed by atoms with E-state index >= 15 is 0 Å². The van der Waals surface area contributed by atoms with E-state index < -0.39 is 30.5 Å². The number of aromatic amines is 1. The Bertz CT molecular complexity index is 1020. The number of hydrogen-bond acceptors (Lipinski definition) is 5. The minimum atomic E-state index is -4.50. The van der Waals surface area contributed by atoms with Crippen LogP contribution in [0.4, 0.5) is 23.4 Å². The zero-order valence-corrected chi connectivity index (χ0v) is 15.5. The van der Waals surface area contributed by atoms with Gasteiger partial charge in [-0.15, -0.1) is 0 Å². The molecule has 0 unspecified atom stereocenters. The van der Waals surface area contributed by atoms with Gasteiger partial charge < -0.3 is 15.6 Å². The summed E-state index contributed by atoms with van der Waals surface area (Å²) < 4.78 is 50.7. The van der Waals surface area contributed by atoms with Crippen molar-refractivity contribution in [3.05, 3.63) is 36.7 Å². The topological polar surface area (TPSA) is 95.6 Å². The molecule has 1 amide bonds. The fraction of sp³-hybridized carbons (Fsp3) is 0.333. The summed E-state index contributed by atoms with van der Waals surface area (Å²) in [5.41, 5.74) is 1.39. The average Bonchev–Trinajstić information content (AvgIpc) is 3.06. The molecule has 0 radical (unpaired) electrons. The Morgan fingerprint density at radius 1 is 1.24 bits per heavy atom. The summed E-state index contributed by atoms with van der Waals surface area (Å²) in [4.78, 5) is 27.5. The molecule has 3 aromatic heterocycles. The van der Waals surface area contributed by atoms with E-state index in [2.05, 4.69) is 25.3 Å². The van der Waals surface area contributed by atoms with Crippen molar-refractivity contribution in [1.82, 2.24) is 25.3 Å². The lowest BCUT2D eigenvalue weighted by Crippen LogP contribution is -2.46.